The molecular weight excluding hydrogens is 214 g/mol. The van der Waals surface area contributed by atoms with Gasteiger partial charge in [-0.05, 0) is 0 Å². The highest BCUT2D eigenvalue weighted by Gasteiger charge is 2.27. The van der Waals surface area contributed by atoms with Crippen molar-refractivity contribution in [2.24, 2.45) is 5.92 Å². The van der Waals surface area contributed by atoms with Gasteiger partial charge in [-0.2, -0.15) is 0 Å². The summed E-state index contributed by atoms with van der Waals surface area (Å²) in [5, 5.41) is 8.13. The summed E-state index contributed by atoms with van der Waals surface area (Å²) in [4.78, 5) is 26.5. The van der Waals surface area contributed by atoms with E-state index in [-0.39, 0.29) is 17.7 Å². The normalized spacial score (nSPS) is 20.0. The summed E-state index contributed by atoms with van der Waals surface area (Å²) in [5.41, 5.74) is 0. The lowest BCUT2D eigenvalue weighted by atomic mass is 10.1. The summed E-state index contributed by atoms with van der Waals surface area (Å²) < 4.78 is 0. The Morgan fingerprint density at radius 1 is 1.73 bits per heavy atom. The molecule has 5 nitrogen and oxygen atoms in total. The third-order valence-electron chi connectivity index (χ3n) is 2.25. The first kappa shape index (κ1) is 10.1. The predicted octanol–water partition coefficient (Wildman–Crippen LogP) is -0.105. The number of thiazole rings is 1. The van der Waals surface area contributed by atoms with Gasteiger partial charge < -0.3 is 10.6 Å². The van der Waals surface area contributed by atoms with Gasteiger partial charge in [0.2, 0.25) is 11.8 Å². The monoisotopic (exact) mass is 225 g/mol. The van der Waals surface area contributed by atoms with Gasteiger partial charge in [-0.3, -0.25) is 9.59 Å². The summed E-state index contributed by atoms with van der Waals surface area (Å²) in [7, 11) is 0. The molecule has 80 valence electrons. The molecule has 6 heteroatoms. The molecule has 2 heterocycles. The molecule has 0 aromatic carbocycles. The lowest BCUT2D eigenvalue weighted by molar-refractivity contribution is -0.126. The zero-order valence-corrected chi connectivity index (χ0v) is 8.84. The second-order valence-corrected chi connectivity index (χ2v) is 4.33. The van der Waals surface area contributed by atoms with Crippen LogP contribution < -0.4 is 10.6 Å². The Morgan fingerprint density at radius 2 is 2.60 bits per heavy atom. The highest BCUT2D eigenvalue weighted by Crippen LogP contribution is 2.09. The molecule has 0 aliphatic carbocycles. The first-order valence-corrected chi connectivity index (χ1v) is 5.56. The average molecular weight is 225 g/mol. The highest BCUT2D eigenvalue weighted by molar-refractivity contribution is 7.09. The number of amides is 2. The van der Waals surface area contributed by atoms with Crippen LogP contribution in [0.25, 0.3) is 0 Å². The van der Waals surface area contributed by atoms with Crippen LogP contribution in [0.4, 0.5) is 0 Å². The molecular formula is C9H11N3O2S. The van der Waals surface area contributed by atoms with Crippen LogP contribution in [-0.2, 0) is 16.1 Å². The molecule has 0 spiro atoms. The number of hydrogen-bond donors (Lipinski definition) is 2. The van der Waals surface area contributed by atoms with Gasteiger partial charge in [0.05, 0.1) is 12.5 Å². The van der Waals surface area contributed by atoms with Gasteiger partial charge in [0, 0.05) is 24.5 Å². The van der Waals surface area contributed by atoms with Crippen LogP contribution in [-0.4, -0.2) is 23.3 Å². The number of hydrogen-bond acceptors (Lipinski definition) is 4. The lowest BCUT2D eigenvalue weighted by Crippen LogP contribution is -2.31. The number of rotatable bonds is 3. The van der Waals surface area contributed by atoms with Crippen LogP contribution in [0.5, 0.6) is 0 Å². The van der Waals surface area contributed by atoms with E-state index >= 15 is 0 Å². The van der Waals surface area contributed by atoms with Crippen LogP contribution in [0, 0.1) is 5.92 Å². The second-order valence-electron chi connectivity index (χ2n) is 3.35. The van der Waals surface area contributed by atoms with Crippen molar-refractivity contribution in [3.05, 3.63) is 16.6 Å². The largest absolute Gasteiger partial charge is 0.355 e. The molecule has 0 bridgehead atoms. The van der Waals surface area contributed by atoms with Gasteiger partial charge in [0.1, 0.15) is 5.01 Å². The van der Waals surface area contributed by atoms with E-state index < -0.39 is 0 Å². The van der Waals surface area contributed by atoms with Crippen molar-refractivity contribution in [1.29, 1.82) is 0 Å². The Hall–Kier alpha value is -1.43. The first-order valence-electron chi connectivity index (χ1n) is 4.68. The molecule has 1 aromatic rings. The van der Waals surface area contributed by atoms with Crippen LogP contribution in [0.1, 0.15) is 11.4 Å². The smallest absolute Gasteiger partial charge is 0.225 e. The Balaban J connectivity index is 1.80. The molecule has 1 aromatic heterocycles. The maximum atomic E-state index is 11.6. The molecule has 0 saturated carbocycles. The van der Waals surface area contributed by atoms with Gasteiger partial charge in [0.15, 0.2) is 0 Å². The zero-order valence-electron chi connectivity index (χ0n) is 8.03. The molecule has 2 rings (SSSR count). The molecule has 1 atom stereocenters. The van der Waals surface area contributed by atoms with Crippen LogP contribution >= 0.6 is 11.3 Å². The van der Waals surface area contributed by atoms with Crippen molar-refractivity contribution >= 4 is 23.2 Å². The lowest BCUT2D eigenvalue weighted by Gasteiger charge is -2.07. The van der Waals surface area contributed by atoms with E-state index in [1.807, 2.05) is 5.38 Å². The van der Waals surface area contributed by atoms with Crippen LogP contribution in [0.3, 0.4) is 0 Å². The van der Waals surface area contributed by atoms with E-state index in [9.17, 15) is 9.59 Å². The van der Waals surface area contributed by atoms with E-state index in [0.29, 0.717) is 19.5 Å². The van der Waals surface area contributed by atoms with E-state index in [2.05, 4.69) is 15.6 Å². The standard InChI is InChI=1S/C9H11N3O2S/c13-7-3-6(4-11-7)9(14)12-5-8-10-1-2-15-8/h1-2,6H,3-5H2,(H,11,13)(H,12,14). The second kappa shape index (κ2) is 4.39. The SMILES string of the molecule is O=C1CC(C(=O)NCc2nccs2)CN1. The van der Waals surface area contributed by atoms with Gasteiger partial charge in [0.25, 0.3) is 0 Å². The summed E-state index contributed by atoms with van der Waals surface area (Å²) in [6, 6.07) is 0. The quantitative estimate of drug-likeness (QED) is 0.754. The Labute approximate surface area is 90.9 Å². The summed E-state index contributed by atoms with van der Waals surface area (Å²) >= 11 is 1.50. The van der Waals surface area contributed by atoms with E-state index in [4.69, 9.17) is 0 Å². The van der Waals surface area contributed by atoms with Gasteiger partial charge >= 0.3 is 0 Å². The number of nitrogens with zero attached hydrogens (tertiary/aromatic N) is 1. The maximum absolute atomic E-state index is 11.6. The Bertz CT molecular complexity index is 363. The van der Waals surface area contributed by atoms with Gasteiger partial charge in [-0.25, -0.2) is 4.98 Å². The molecule has 15 heavy (non-hydrogen) atoms. The van der Waals surface area contributed by atoms with Crippen molar-refractivity contribution in [3.8, 4) is 0 Å². The zero-order chi connectivity index (χ0) is 10.7. The summed E-state index contributed by atoms with van der Waals surface area (Å²) in [5.74, 6) is -0.356. The van der Waals surface area contributed by atoms with Crippen molar-refractivity contribution in [1.82, 2.24) is 15.6 Å². The third-order valence-corrected chi connectivity index (χ3v) is 3.03. The first-order chi connectivity index (χ1) is 7.25. The molecule has 2 N–H and O–H groups in total. The fourth-order valence-corrected chi connectivity index (χ4v) is 1.99. The van der Waals surface area contributed by atoms with Crippen molar-refractivity contribution < 1.29 is 9.59 Å². The van der Waals surface area contributed by atoms with Crippen molar-refractivity contribution in [3.63, 3.8) is 0 Å². The molecule has 1 unspecified atom stereocenters. The number of aromatic nitrogens is 1. The Kier molecular flexibility index (Phi) is 2.96. The summed E-state index contributed by atoms with van der Waals surface area (Å²) in [6.07, 6.45) is 2.00. The number of carbonyl (C=O) groups is 2. The average Bonchev–Trinajstić information content (AvgIpc) is 2.84. The van der Waals surface area contributed by atoms with Gasteiger partial charge in [-0.15, -0.1) is 11.3 Å². The van der Waals surface area contributed by atoms with Gasteiger partial charge in [-0.1, -0.05) is 0 Å². The van der Waals surface area contributed by atoms with Crippen molar-refractivity contribution in [2.75, 3.05) is 6.54 Å². The van der Waals surface area contributed by atoms with Crippen LogP contribution in [0.15, 0.2) is 11.6 Å². The van der Waals surface area contributed by atoms with E-state index in [0.717, 1.165) is 5.01 Å². The number of carbonyl (C=O) groups excluding carboxylic acids is 2. The highest BCUT2D eigenvalue weighted by atomic mass is 32.1. The minimum absolute atomic E-state index is 0.0515. The topological polar surface area (TPSA) is 71.1 Å². The maximum Gasteiger partial charge on any atom is 0.225 e. The fourth-order valence-electron chi connectivity index (χ4n) is 1.44. The molecule has 1 saturated heterocycles. The Morgan fingerprint density at radius 3 is 3.20 bits per heavy atom. The molecule has 1 aliphatic rings. The minimum Gasteiger partial charge on any atom is -0.355 e. The van der Waals surface area contributed by atoms with E-state index in [1.54, 1.807) is 6.20 Å². The molecule has 1 fully saturated rings. The minimum atomic E-state index is -0.225. The molecule has 2 amide bonds. The fraction of sp³-hybridized carbons (Fsp3) is 0.444. The molecule has 1 aliphatic heterocycles. The van der Waals surface area contributed by atoms with E-state index in [1.165, 1.54) is 11.3 Å². The van der Waals surface area contributed by atoms with Crippen molar-refractivity contribution in [2.45, 2.75) is 13.0 Å². The summed E-state index contributed by atoms with van der Waals surface area (Å²) in [6.45, 7) is 0.893. The number of nitrogens with one attached hydrogen (secondary N) is 2. The molecule has 0 radical (unpaired) electrons. The third kappa shape index (κ3) is 2.53. The predicted molar refractivity (Wildman–Crippen MR) is 55.1 cm³/mol. The van der Waals surface area contributed by atoms with Crippen LogP contribution in [0.2, 0.25) is 0 Å².